The highest BCUT2D eigenvalue weighted by Crippen LogP contribution is 2.18. The fourth-order valence-electron chi connectivity index (χ4n) is 10.3. The molecule has 5 heteroatoms. The molecule has 0 fully saturated rings. The molecule has 1 unspecified atom stereocenters. The first kappa shape index (κ1) is 78.6. The highest BCUT2D eigenvalue weighted by molar-refractivity contribution is 5.70. The third-order valence-corrected chi connectivity index (χ3v) is 15.6. The molecule has 82 heavy (non-hydrogen) atoms. The Morgan fingerprint density at radius 1 is 0.293 bits per heavy atom. The van der Waals surface area contributed by atoms with E-state index in [0.717, 1.165) is 89.9 Å². The highest BCUT2D eigenvalue weighted by Gasteiger charge is 2.16. The maximum absolute atomic E-state index is 12.4. The molecular formula is C77H134O5. The van der Waals surface area contributed by atoms with Gasteiger partial charge >= 0.3 is 11.9 Å². The van der Waals surface area contributed by atoms with Crippen LogP contribution in [0.4, 0.5) is 0 Å². The van der Waals surface area contributed by atoms with Crippen LogP contribution in [0, 0.1) is 0 Å². The van der Waals surface area contributed by atoms with E-state index in [1.165, 1.54) is 231 Å². The normalized spacial score (nSPS) is 12.9. The Labute approximate surface area is 510 Å². The first-order chi connectivity index (χ1) is 40.6. The number of allylic oxidation sites excluding steroid dienone is 18. The summed E-state index contributed by atoms with van der Waals surface area (Å²) in [5.74, 6) is -0.580. The summed E-state index contributed by atoms with van der Waals surface area (Å²) in [5, 5.41) is 9.70. The second-order valence-electron chi connectivity index (χ2n) is 23.6. The fourth-order valence-corrected chi connectivity index (χ4v) is 10.3. The molecule has 5 nitrogen and oxygen atoms in total. The second-order valence-corrected chi connectivity index (χ2v) is 23.6. The molecule has 0 aromatic carbocycles. The first-order valence-electron chi connectivity index (χ1n) is 35.4. The maximum atomic E-state index is 12.4. The quantitative estimate of drug-likeness (QED) is 0.0373. The molecule has 1 atom stereocenters. The minimum atomic E-state index is -0.777. The van der Waals surface area contributed by atoms with Crippen LogP contribution in [-0.4, -0.2) is 36.4 Å². The zero-order valence-electron chi connectivity index (χ0n) is 54.2. The van der Waals surface area contributed by atoms with Crippen LogP contribution < -0.4 is 0 Å². The van der Waals surface area contributed by atoms with Gasteiger partial charge in [-0.2, -0.15) is 0 Å². The Balaban J connectivity index is 3.44. The molecule has 0 saturated heterocycles. The number of rotatable bonds is 65. The summed E-state index contributed by atoms with van der Waals surface area (Å²) < 4.78 is 10.8. The van der Waals surface area contributed by atoms with Gasteiger partial charge in [-0.05, 0) is 103 Å². The van der Waals surface area contributed by atoms with E-state index in [9.17, 15) is 14.7 Å². The summed E-state index contributed by atoms with van der Waals surface area (Å²) in [6.45, 7) is 4.05. The molecule has 0 bridgehead atoms. The van der Waals surface area contributed by atoms with E-state index in [1.807, 2.05) is 0 Å². The summed E-state index contributed by atoms with van der Waals surface area (Å²) in [6.07, 6.45) is 104. The SMILES string of the molecule is CC/C=C\C/C=C\C/C=C\C/C=C\C/C=C\C/C=C\CCCCCCCCCCCCCCCCCCCCCCCCC(=O)OC(CO)COC(=O)CCCCCCCCCCCCCC/C=C\C/C=C\C/C=C\CCCCCCC. The van der Waals surface area contributed by atoms with Crippen LogP contribution in [0.3, 0.4) is 0 Å². The van der Waals surface area contributed by atoms with Crippen molar-refractivity contribution in [3.05, 3.63) is 109 Å². The number of aliphatic hydroxyl groups excluding tert-OH is 1. The van der Waals surface area contributed by atoms with Crippen molar-refractivity contribution in [3.63, 3.8) is 0 Å². The van der Waals surface area contributed by atoms with Gasteiger partial charge in [-0.3, -0.25) is 9.59 Å². The van der Waals surface area contributed by atoms with E-state index in [0.29, 0.717) is 12.8 Å². The van der Waals surface area contributed by atoms with Crippen LogP contribution in [-0.2, 0) is 19.1 Å². The zero-order chi connectivity index (χ0) is 59.1. The summed E-state index contributed by atoms with van der Waals surface area (Å²) in [7, 11) is 0. The van der Waals surface area contributed by atoms with Gasteiger partial charge < -0.3 is 14.6 Å². The van der Waals surface area contributed by atoms with Gasteiger partial charge in [0.05, 0.1) is 6.61 Å². The van der Waals surface area contributed by atoms with Gasteiger partial charge in [-0.25, -0.2) is 0 Å². The Morgan fingerprint density at radius 2 is 0.524 bits per heavy atom. The number of ether oxygens (including phenoxy) is 2. The van der Waals surface area contributed by atoms with Crippen molar-refractivity contribution in [2.75, 3.05) is 13.2 Å². The van der Waals surface area contributed by atoms with Crippen molar-refractivity contribution < 1.29 is 24.2 Å². The minimum absolute atomic E-state index is 0.0666. The van der Waals surface area contributed by atoms with E-state index in [4.69, 9.17) is 9.47 Å². The monoisotopic (exact) mass is 1140 g/mol. The molecule has 0 aliphatic heterocycles. The van der Waals surface area contributed by atoms with Crippen molar-refractivity contribution >= 4 is 11.9 Å². The van der Waals surface area contributed by atoms with Crippen LogP contribution >= 0.6 is 0 Å². The number of hydrogen-bond acceptors (Lipinski definition) is 5. The van der Waals surface area contributed by atoms with Gasteiger partial charge in [0.2, 0.25) is 0 Å². The van der Waals surface area contributed by atoms with Crippen LogP contribution in [0.15, 0.2) is 109 Å². The number of aliphatic hydroxyl groups is 1. The lowest BCUT2D eigenvalue weighted by Crippen LogP contribution is -2.28. The highest BCUT2D eigenvalue weighted by atomic mass is 16.6. The van der Waals surface area contributed by atoms with Crippen LogP contribution in [0.25, 0.3) is 0 Å². The van der Waals surface area contributed by atoms with Gasteiger partial charge in [0, 0.05) is 12.8 Å². The van der Waals surface area contributed by atoms with Gasteiger partial charge in [0.1, 0.15) is 6.61 Å². The zero-order valence-corrected chi connectivity index (χ0v) is 54.2. The summed E-state index contributed by atoms with van der Waals surface area (Å²) in [4.78, 5) is 24.7. The van der Waals surface area contributed by atoms with Crippen LogP contribution in [0.1, 0.15) is 348 Å². The molecule has 0 spiro atoms. The molecule has 0 aliphatic rings. The molecule has 472 valence electrons. The molecule has 0 rings (SSSR count). The Bertz CT molecular complexity index is 1570. The molecule has 1 N–H and O–H groups in total. The molecule has 0 amide bonds. The van der Waals surface area contributed by atoms with Gasteiger partial charge in [-0.1, -0.05) is 342 Å². The topological polar surface area (TPSA) is 72.8 Å². The third-order valence-electron chi connectivity index (χ3n) is 15.6. The molecule has 0 aromatic heterocycles. The van der Waals surface area contributed by atoms with Crippen molar-refractivity contribution in [1.29, 1.82) is 0 Å². The molecule has 0 aromatic rings. The largest absolute Gasteiger partial charge is 0.462 e. The predicted molar refractivity (Wildman–Crippen MR) is 362 cm³/mol. The predicted octanol–water partition coefficient (Wildman–Crippen LogP) is 24.8. The Morgan fingerprint density at radius 3 is 0.793 bits per heavy atom. The minimum Gasteiger partial charge on any atom is -0.462 e. The van der Waals surface area contributed by atoms with Gasteiger partial charge in [-0.15, -0.1) is 0 Å². The average molecular weight is 1140 g/mol. The molecule has 0 heterocycles. The third kappa shape index (κ3) is 69.1. The summed E-state index contributed by atoms with van der Waals surface area (Å²) in [6, 6.07) is 0. The van der Waals surface area contributed by atoms with Gasteiger partial charge in [0.25, 0.3) is 0 Å². The summed E-state index contributed by atoms with van der Waals surface area (Å²) >= 11 is 0. The second kappa shape index (κ2) is 71.8. The number of carbonyl (C=O) groups is 2. The molecular weight excluding hydrogens is 1000 g/mol. The van der Waals surface area contributed by atoms with Gasteiger partial charge in [0.15, 0.2) is 6.10 Å². The van der Waals surface area contributed by atoms with E-state index in [1.54, 1.807) is 0 Å². The van der Waals surface area contributed by atoms with E-state index >= 15 is 0 Å². The van der Waals surface area contributed by atoms with E-state index < -0.39 is 6.10 Å². The van der Waals surface area contributed by atoms with Crippen molar-refractivity contribution in [1.82, 2.24) is 0 Å². The smallest absolute Gasteiger partial charge is 0.306 e. The Hall–Kier alpha value is -3.44. The maximum Gasteiger partial charge on any atom is 0.306 e. The Kier molecular flexibility index (Phi) is 68.8. The van der Waals surface area contributed by atoms with Crippen molar-refractivity contribution in [3.8, 4) is 0 Å². The molecule has 0 aliphatic carbocycles. The standard InChI is InChI=1S/C77H134O5/c1-3-5-7-9-11-13-15-17-19-21-23-25-27-29-31-32-33-34-35-36-37-38-39-40-41-42-43-44-46-48-50-52-54-56-58-60-62-64-66-68-70-72-77(80)82-75(73-78)74-81-76(79)71-69-67-65-63-61-59-57-55-53-51-49-47-45-30-28-26-24-22-20-18-16-14-12-10-8-6-4-2/h5,7,11,13,16-19,22-25,28-31,33-34,75,78H,3-4,6,8-10,12,14-15,20-21,26-27,32,35-74H2,1-2H3/b7-5-,13-11-,18-16-,19-17-,24-22-,25-23-,30-28-,31-29-,34-33-. The molecule has 0 saturated carbocycles. The number of esters is 2. The van der Waals surface area contributed by atoms with Crippen LogP contribution in [0.2, 0.25) is 0 Å². The number of unbranched alkanes of at least 4 members (excludes halogenated alkanes) is 39. The lowest BCUT2D eigenvalue weighted by molar-refractivity contribution is -0.161. The number of hydrogen-bond donors (Lipinski definition) is 1. The first-order valence-corrected chi connectivity index (χ1v) is 35.4. The van der Waals surface area contributed by atoms with Crippen LogP contribution in [0.5, 0.6) is 0 Å². The van der Waals surface area contributed by atoms with Crippen molar-refractivity contribution in [2.45, 2.75) is 354 Å². The fraction of sp³-hybridized carbons (Fsp3) is 0.740. The van der Waals surface area contributed by atoms with Crippen molar-refractivity contribution in [2.24, 2.45) is 0 Å². The van der Waals surface area contributed by atoms with E-state index in [2.05, 4.69) is 123 Å². The molecule has 0 radical (unpaired) electrons. The average Bonchev–Trinajstić information content (AvgIpc) is 3.49. The number of carbonyl (C=O) groups excluding carboxylic acids is 2. The summed E-state index contributed by atoms with van der Waals surface area (Å²) in [5.41, 5.74) is 0. The lowest BCUT2D eigenvalue weighted by atomic mass is 10.0. The van der Waals surface area contributed by atoms with E-state index in [-0.39, 0.29) is 25.2 Å². The lowest BCUT2D eigenvalue weighted by Gasteiger charge is -2.15.